The maximum atomic E-state index is 12.6. The van der Waals surface area contributed by atoms with E-state index in [0.717, 1.165) is 29.3 Å². The first-order chi connectivity index (χ1) is 12.2. The summed E-state index contributed by atoms with van der Waals surface area (Å²) in [5, 5.41) is 8.14. The molecule has 2 atom stereocenters. The Bertz CT molecular complexity index is 766. The van der Waals surface area contributed by atoms with Crippen LogP contribution in [-0.2, 0) is 16.1 Å². The van der Waals surface area contributed by atoms with Gasteiger partial charge in [0.15, 0.2) is 0 Å². The molecule has 1 saturated heterocycles. The number of hydrogen-bond acceptors (Lipinski definition) is 6. The lowest BCUT2D eigenvalue weighted by atomic mass is 10.0. The predicted octanol–water partition coefficient (Wildman–Crippen LogP) is 1.75. The molecule has 0 bridgehead atoms. The van der Waals surface area contributed by atoms with Gasteiger partial charge in [-0.05, 0) is 24.6 Å². The van der Waals surface area contributed by atoms with Gasteiger partial charge in [-0.1, -0.05) is 11.3 Å². The Labute approximate surface area is 150 Å². The highest BCUT2D eigenvalue weighted by Gasteiger charge is 2.37. The van der Waals surface area contributed by atoms with Gasteiger partial charge in [0.25, 0.3) is 0 Å². The third kappa shape index (κ3) is 3.36. The van der Waals surface area contributed by atoms with Crippen LogP contribution in [0.1, 0.15) is 18.2 Å². The maximum absolute atomic E-state index is 12.6. The smallest absolute Gasteiger partial charge is 0.233 e. The van der Waals surface area contributed by atoms with Crippen LogP contribution in [-0.4, -0.2) is 57.9 Å². The summed E-state index contributed by atoms with van der Waals surface area (Å²) in [6, 6.07) is 7.95. The van der Waals surface area contributed by atoms with Gasteiger partial charge < -0.3 is 14.4 Å². The molecule has 1 aromatic heterocycles. The number of benzene rings is 1. The van der Waals surface area contributed by atoms with E-state index in [1.165, 1.54) is 11.8 Å². The molecular formula is C17H20N4O3S. The van der Waals surface area contributed by atoms with E-state index >= 15 is 0 Å². The minimum absolute atomic E-state index is 0.00582. The van der Waals surface area contributed by atoms with Crippen LogP contribution < -0.4 is 4.74 Å². The minimum atomic E-state index is -0.00582. The van der Waals surface area contributed by atoms with Crippen molar-refractivity contribution in [2.24, 2.45) is 0 Å². The van der Waals surface area contributed by atoms with Crippen molar-refractivity contribution in [2.75, 3.05) is 26.0 Å². The Morgan fingerprint density at radius 2 is 2.40 bits per heavy atom. The molecule has 0 unspecified atom stereocenters. The molecule has 0 radical (unpaired) electrons. The number of hydrogen-bond donors (Lipinski definition) is 0. The molecule has 25 heavy (non-hydrogen) atoms. The Kier molecular flexibility index (Phi) is 4.63. The van der Waals surface area contributed by atoms with Crippen molar-refractivity contribution in [1.82, 2.24) is 19.9 Å². The first kappa shape index (κ1) is 16.4. The van der Waals surface area contributed by atoms with E-state index in [0.29, 0.717) is 18.9 Å². The number of amides is 1. The van der Waals surface area contributed by atoms with Crippen LogP contribution in [0.3, 0.4) is 0 Å². The molecule has 0 spiro atoms. The lowest BCUT2D eigenvalue weighted by molar-refractivity contribution is -0.136. The van der Waals surface area contributed by atoms with Crippen molar-refractivity contribution in [3.63, 3.8) is 0 Å². The zero-order chi connectivity index (χ0) is 17.2. The number of fused-ring (bicyclic) bond motifs is 3. The molecule has 7 nitrogen and oxygen atoms in total. The van der Waals surface area contributed by atoms with E-state index < -0.39 is 0 Å². The standard InChI is InChI=1S/C17H20N4O3S/c1-23-13-3-2-4-14(7-13)25-11-17(22)20-6-5-15-16(9-20)24-10-12-8-18-19-21(12)15/h2-4,7-8,15-16H,5-6,9-11H2,1H3/t15-,16-/m0/s1. The van der Waals surface area contributed by atoms with E-state index in [2.05, 4.69) is 10.3 Å². The van der Waals surface area contributed by atoms with Crippen molar-refractivity contribution < 1.29 is 14.3 Å². The van der Waals surface area contributed by atoms with Gasteiger partial charge in [-0.2, -0.15) is 0 Å². The molecule has 132 valence electrons. The van der Waals surface area contributed by atoms with Gasteiger partial charge in [-0.25, -0.2) is 4.68 Å². The highest BCUT2D eigenvalue weighted by atomic mass is 32.2. The number of thioether (sulfide) groups is 1. The van der Waals surface area contributed by atoms with Crippen LogP contribution in [0, 0.1) is 0 Å². The van der Waals surface area contributed by atoms with Crippen LogP contribution in [0.5, 0.6) is 5.75 Å². The quantitative estimate of drug-likeness (QED) is 0.774. The van der Waals surface area contributed by atoms with Gasteiger partial charge in [-0.3, -0.25) is 4.79 Å². The molecular weight excluding hydrogens is 340 g/mol. The van der Waals surface area contributed by atoms with Crippen LogP contribution in [0.2, 0.25) is 0 Å². The van der Waals surface area contributed by atoms with Crippen molar-refractivity contribution in [3.05, 3.63) is 36.2 Å². The molecule has 8 heteroatoms. The molecule has 1 fully saturated rings. The highest BCUT2D eigenvalue weighted by molar-refractivity contribution is 8.00. The number of rotatable bonds is 4. The van der Waals surface area contributed by atoms with E-state index in [-0.39, 0.29) is 18.1 Å². The minimum Gasteiger partial charge on any atom is -0.497 e. The fraction of sp³-hybridized carbons (Fsp3) is 0.471. The van der Waals surface area contributed by atoms with Crippen LogP contribution in [0.25, 0.3) is 0 Å². The summed E-state index contributed by atoms with van der Waals surface area (Å²) in [7, 11) is 1.64. The number of aromatic nitrogens is 3. The van der Waals surface area contributed by atoms with E-state index in [9.17, 15) is 4.79 Å². The first-order valence-corrected chi connectivity index (χ1v) is 9.28. The number of nitrogens with zero attached hydrogens (tertiary/aromatic N) is 4. The topological polar surface area (TPSA) is 69.5 Å². The van der Waals surface area contributed by atoms with Gasteiger partial charge in [0.05, 0.1) is 43.5 Å². The molecule has 4 rings (SSSR count). The fourth-order valence-corrected chi connectivity index (χ4v) is 4.19. The van der Waals surface area contributed by atoms with Crippen LogP contribution in [0.15, 0.2) is 35.4 Å². The second kappa shape index (κ2) is 7.05. The predicted molar refractivity (Wildman–Crippen MR) is 92.6 cm³/mol. The summed E-state index contributed by atoms with van der Waals surface area (Å²) in [6.45, 7) is 1.84. The average Bonchev–Trinajstić information content (AvgIpc) is 3.15. The van der Waals surface area contributed by atoms with E-state index in [4.69, 9.17) is 9.47 Å². The molecule has 1 amide bonds. The fourth-order valence-electron chi connectivity index (χ4n) is 3.34. The molecule has 3 heterocycles. The van der Waals surface area contributed by atoms with Gasteiger partial charge in [0, 0.05) is 18.0 Å². The summed E-state index contributed by atoms with van der Waals surface area (Å²) in [4.78, 5) is 15.5. The van der Waals surface area contributed by atoms with Crippen LogP contribution in [0.4, 0.5) is 0 Å². The van der Waals surface area contributed by atoms with Gasteiger partial charge >= 0.3 is 0 Å². The lowest BCUT2D eigenvalue weighted by Crippen LogP contribution is -2.50. The highest BCUT2D eigenvalue weighted by Crippen LogP contribution is 2.31. The third-order valence-electron chi connectivity index (χ3n) is 4.69. The van der Waals surface area contributed by atoms with Gasteiger partial charge in [0.2, 0.25) is 5.91 Å². The molecule has 1 aromatic carbocycles. The van der Waals surface area contributed by atoms with Crippen molar-refractivity contribution >= 4 is 17.7 Å². The summed E-state index contributed by atoms with van der Waals surface area (Å²) in [6.07, 6.45) is 2.59. The van der Waals surface area contributed by atoms with Crippen molar-refractivity contribution in [2.45, 2.75) is 30.1 Å². The maximum Gasteiger partial charge on any atom is 0.233 e. The van der Waals surface area contributed by atoms with Gasteiger partial charge in [0.1, 0.15) is 5.75 Å². The Morgan fingerprint density at radius 3 is 3.28 bits per heavy atom. The summed E-state index contributed by atoms with van der Waals surface area (Å²) < 4.78 is 13.1. The second-order valence-corrected chi connectivity index (χ2v) is 7.23. The number of carbonyl (C=O) groups excluding carboxylic acids is 1. The number of likely N-dealkylation sites (tertiary alicyclic amines) is 1. The largest absolute Gasteiger partial charge is 0.497 e. The SMILES string of the molecule is COc1cccc(SCC(=O)N2CC[C@H]3[C@H](C2)OCc2cnnn23)c1. The molecule has 0 saturated carbocycles. The van der Waals surface area contributed by atoms with Crippen LogP contribution >= 0.6 is 11.8 Å². The van der Waals surface area contributed by atoms with Gasteiger partial charge in [-0.15, -0.1) is 16.9 Å². The zero-order valence-electron chi connectivity index (χ0n) is 14.0. The molecule has 0 aliphatic carbocycles. The number of methoxy groups -OCH3 is 1. The molecule has 2 aliphatic rings. The summed E-state index contributed by atoms with van der Waals surface area (Å²) in [5.41, 5.74) is 1.01. The second-order valence-electron chi connectivity index (χ2n) is 6.18. The van der Waals surface area contributed by atoms with Crippen molar-refractivity contribution in [3.8, 4) is 5.75 Å². The van der Waals surface area contributed by atoms with Crippen molar-refractivity contribution in [1.29, 1.82) is 0 Å². The Balaban J connectivity index is 1.35. The summed E-state index contributed by atoms with van der Waals surface area (Å²) >= 11 is 1.53. The zero-order valence-corrected chi connectivity index (χ0v) is 14.8. The summed E-state index contributed by atoms with van der Waals surface area (Å²) in [5.74, 6) is 1.36. The number of piperidine rings is 1. The monoisotopic (exact) mass is 360 g/mol. The lowest BCUT2D eigenvalue weighted by Gasteiger charge is -2.40. The first-order valence-electron chi connectivity index (χ1n) is 8.30. The molecule has 0 N–H and O–H groups in total. The Morgan fingerprint density at radius 1 is 1.48 bits per heavy atom. The average molecular weight is 360 g/mol. The Hall–Kier alpha value is -2.06. The number of carbonyl (C=O) groups is 1. The molecule has 2 aliphatic heterocycles. The molecule has 2 aromatic rings. The van der Waals surface area contributed by atoms with E-state index in [1.54, 1.807) is 13.3 Å². The third-order valence-corrected chi connectivity index (χ3v) is 5.67. The number of ether oxygens (including phenoxy) is 2. The van der Waals surface area contributed by atoms with E-state index in [1.807, 2.05) is 33.8 Å². The normalized spacial score (nSPS) is 22.2.